The Morgan fingerprint density at radius 2 is 1.12 bits per heavy atom. The summed E-state index contributed by atoms with van der Waals surface area (Å²) in [5, 5.41) is 9.78. The van der Waals surface area contributed by atoms with E-state index in [2.05, 4.69) is 4.98 Å². The first-order valence-corrected chi connectivity index (χ1v) is 10.3. The average molecular weight is 650 g/mol. The van der Waals surface area contributed by atoms with Crippen LogP contribution in [0.5, 0.6) is 0 Å². The molecule has 0 aliphatic heterocycles. The van der Waals surface area contributed by atoms with Crippen LogP contribution in [0.4, 0.5) is 74.6 Å². The van der Waals surface area contributed by atoms with Gasteiger partial charge in [-0.25, -0.2) is 4.79 Å². The van der Waals surface area contributed by atoms with E-state index in [1.54, 1.807) is 0 Å². The fraction of sp³-hybridized carbons (Fsp3) is 0.500. The Balaban J connectivity index is 2.49. The Hall–Kier alpha value is -3.49. The van der Waals surface area contributed by atoms with Crippen molar-refractivity contribution in [2.24, 2.45) is 0 Å². The molecule has 22 heteroatoms. The number of para-hydroxylation sites is 1. The molecule has 2 aromatic rings. The van der Waals surface area contributed by atoms with E-state index in [-0.39, 0.29) is 16.5 Å². The van der Waals surface area contributed by atoms with Crippen molar-refractivity contribution in [1.29, 1.82) is 0 Å². The Kier molecular flexibility index (Phi) is 8.31. The predicted octanol–water partition coefficient (Wildman–Crippen LogP) is 6.29. The van der Waals surface area contributed by atoms with Gasteiger partial charge in [-0.05, 0) is 11.6 Å². The fourth-order valence-corrected chi connectivity index (χ4v) is 3.28. The summed E-state index contributed by atoms with van der Waals surface area (Å²) in [5.41, 5.74) is 0.0771. The number of aliphatic carboxylic acids is 1. The first-order valence-electron chi connectivity index (χ1n) is 10.3. The molecule has 1 amide bonds. The summed E-state index contributed by atoms with van der Waals surface area (Å²) in [6.45, 7) is 0. The van der Waals surface area contributed by atoms with Crippen molar-refractivity contribution in [1.82, 2.24) is 10.3 Å². The van der Waals surface area contributed by atoms with Crippen LogP contribution in [0.25, 0.3) is 10.9 Å². The summed E-state index contributed by atoms with van der Waals surface area (Å²) < 4.78 is 227. The molecule has 0 bridgehead atoms. The molecule has 0 radical (unpaired) electrons. The van der Waals surface area contributed by atoms with Gasteiger partial charge in [-0.3, -0.25) is 4.79 Å². The number of aromatic nitrogens is 1. The van der Waals surface area contributed by atoms with E-state index in [0.29, 0.717) is 5.32 Å². The van der Waals surface area contributed by atoms with Crippen LogP contribution < -0.4 is 5.32 Å². The topological polar surface area (TPSA) is 82.2 Å². The van der Waals surface area contributed by atoms with E-state index in [4.69, 9.17) is 5.11 Å². The number of alkyl halides is 17. The number of hydrogen-bond donors (Lipinski definition) is 3. The van der Waals surface area contributed by atoms with Gasteiger partial charge in [0, 0.05) is 23.5 Å². The second kappa shape index (κ2) is 10.1. The third-order valence-corrected chi connectivity index (χ3v) is 5.71. The molecule has 0 aliphatic carbocycles. The highest BCUT2D eigenvalue weighted by atomic mass is 19.4. The minimum absolute atomic E-state index is 0.125. The van der Waals surface area contributed by atoms with Gasteiger partial charge in [0.05, 0.1) is 0 Å². The summed E-state index contributed by atoms with van der Waals surface area (Å²) >= 11 is 0. The number of benzene rings is 1. The molecule has 3 N–H and O–H groups in total. The van der Waals surface area contributed by atoms with Crippen molar-refractivity contribution in [3.8, 4) is 0 Å². The lowest BCUT2D eigenvalue weighted by Crippen LogP contribution is -2.75. The van der Waals surface area contributed by atoms with Crippen LogP contribution in [0.1, 0.15) is 5.56 Å². The van der Waals surface area contributed by atoms with Gasteiger partial charge >= 0.3 is 53.6 Å². The van der Waals surface area contributed by atoms with Gasteiger partial charge in [0.15, 0.2) is 0 Å². The van der Waals surface area contributed by atoms with Crippen molar-refractivity contribution in [3.63, 3.8) is 0 Å². The van der Waals surface area contributed by atoms with Crippen LogP contribution in [0.2, 0.25) is 0 Å². The zero-order valence-electron chi connectivity index (χ0n) is 19.4. The van der Waals surface area contributed by atoms with Crippen molar-refractivity contribution in [2.75, 3.05) is 0 Å². The van der Waals surface area contributed by atoms with E-state index in [0.717, 1.165) is 6.20 Å². The third-order valence-electron chi connectivity index (χ3n) is 5.71. The van der Waals surface area contributed by atoms with Gasteiger partial charge in [-0.2, -0.15) is 74.6 Å². The van der Waals surface area contributed by atoms with Crippen molar-refractivity contribution in [2.45, 2.75) is 60.1 Å². The molecule has 238 valence electrons. The van der Waals surface area contributed by atoms with E-state index < -0.39 is 72.0 Å². The molecule has 1 atom stereocenters. The average Bonchev–Trinajstić information content (AvgIpc) is 3.24. The molecule has 0 fully saturated rings. The lowest BCUT2D eigenvalue weighted by molar-refractivity contribution is -0.459. The maximum Gasteiger partial charge on any atom is 0.460 e. The molecule has 0 saturated heterocycles. The highest BCUT2D eigenvalue weighted by Crippen LogP contribution is 2.63. The Morgan fingerprint density at radius 3 is 1.57 bits per heavy atom. The molecule has 1 heterocycles. The number of nitrogens with one attached hydrogen (secondary N) is 2. The van der Waals surface area contributed by atoms with Crippen molar-refractivity contribution >= 4 is 22.8 Å². The molecule has 0 unspecified atom stereocenters. The van der Waals surface area contributed by atoms with Gasteiger partial charge < -0.3 is 15.4 Å². The second-order valence-electron chi connectivity index (χ2n) is 8.45. The minimum Gasteiger partial charge on any atom is -0.480 e. The van der Waals surface area contributed by atoms with Gasteiger partial charge in [0.1, 0.15) is 6.04 Å². The van der Waals surface area contributed by atoms with Crippen LogP contribution in [0.15, 0.2) is 30.5 Å². The maximum atomic E-state index is 14.1. The number of carboxylic acids is 1. The van der Waals surface area contributed by atoms with Gasteiger partial charge in [-0.1, -0.05) is 18.2 Å². The third kappa shape index (κ3) is 4.84. The summed E-state index contributed by atoms with van der Waals surface area (Å²) in [4.78, 5) is 25.6. The first-order chi connectivity index (χ1) is 18.5. The van der Waals surface area contributed by atoms with E-state index in [1.165, 1.54) is 24.3 Å². The van der Waals surface area contributed by atoms with E-state index >= 15 is 0 Å². The largest absolute Gasteiger partial charge is 0.480 e. The summed E-state index contributed by atoms with van der Waals surface area (Å²) in [7, 11) is 0. The molecule has 1 aromatic carbocycles. The van der Waals surface area contributed by atoms with Gasteiger partial charge in [-0.15, -0.1) is 0 Å². The fourth-order valence-electron chi connectivity index (χ4n) is 3.28. The predicted molar refractivity (Wildman–Crippen MR) is 102 cm³/mol. The smallest absolute Gasteiger partial charge is 0.460 e. The van der Waals surface area contributed by atoms with E-state index in [9.17, 15) is 84.2 Å². The number of rotatable bonds is 11. The number of carboxylic acid groups (broad SMARTS) is 1. The molecular formula is C20H11F17N2O3. The molecule has 42 heavy (non-hydrogen) atoms. The number of hydrogen-bond acceptors (Lipinski definition) is 2. The van der Waals surface area contributed by atoms with Gasteiger partial charge in [0.2, 0.25) is 0 Å². The number of carbonyl (C=O) groups is 2. The Bertz CT molecular complexity index is 1330. The minimum atomic E-state index is -8.86. The highest BCUT2D eigenvalue weighted by Gasteiger charge is 2.95. The van der Waals surface area contributed by atoms with Crippen molar-refractivity contribution in [3.05, 3.63) is 36.0 Å². The number of fused-ring (bicyclic) bond motifs is 1. The quantitative estimate of drug-likeness (QED) is 0.250. The second-order valence-corrected chi connectivity index (χ2v) is 8.45. The Morgan fingerprint density at radius 1 is 0.690 bits per heavy atom. The van der Waals surface area contributed by atoms with Crippen LogP contribution in [-0.4, -0.2) is 75.6 Å². The summed E-state index contributed by atoms with van der Waals surface area (Å²) in [5.74, 6) is -65.3. The number of amides is 1. The molecule has 0 saturated carbocycles. The SMILES string of the molecule is O=C(O)[C@H](Cc1c[nH]c2ccccc12)NC(=O)C(F)(F)C(F)(F)C(F)(F)C(F)(F)C(F)(F)C(F)(F)C(F)(F)C(F)(F)F. The molecule has 5 nitrogen and oxygen atoms in total. The van der Waals surface area contributed by atoms with Crippen molar-refractivity contribution < 1.29 is 89.3 Å². The standard InChI is InChI=1S/C20H11F17N2O3/c21-13(22,12(42)39-10(11(40)41)5-7-6-38-9-4-2-1-3-8(7)9)14(23,24)15(25,26)16(27,28)17(29,30)18(31,32)19(33,34)20(35,36)37/h1-4,6,10,38H,5H2,(H,39,42)(H,40,41)/t10-/m0/s1. The van der Waals surface area contributed by atoms with E-state index in [1.807, 2.05) is 0 Å². The first kappa shape index (κ1) is 34.7. The van der Waals surface area contributed by atoms with Crippen LogP contribution in [-0.2, 0) is 16.0 Å². The number of halogens is 17. The lowest BCUT2D eigenvalue weighted by atomic mass is 9.88. The van der Waals surface area contributed by atoms with Crippen LogP contribution in [0, 0.1) is 0 Å². The van der Waals surface area contributed by atoms with Crippen LogP contribution >= 0.6 is 0 Å². The number of carbonyl (C=O) groups excluding carboxylic acids is 1. The molecule has 0 aliphatic rings. The van der Waals surface area contributed by atoms with Crippen LogP contribution in [0.3, 0.4) is 0 Å². The van der Waals surface area contributed by atoms with Gasteiger partial charge in [0.25, 0.3) is 5.91 Å². The zero-order valence-corrected chi connectivity index (χ0v) is 19.4. The summed E-state index contributed by atoms with van der Waals surface area (Å²) in [6.07, 6.45) is -8.02. The maximum absolute atomic E-state index is 14.1. The number of aromatic amines is 1. The lowest BCUT2D eigenvalue weighted by Gasteiger charge is -2.42. The molecule has 1 aromatic heterocycles. The molecular weight excluding hydrogens is 639 g/mol. The molecule has 0 spiro atoms. The number of H-pyrrole nitrogens is 1. The highest BCUT2D eigenvalue weighted by molar-refractivity contribution is 5.90. The normalized spacial score (nSPS) is 15.5. The zero-order chi connectivity index (χ0) is 33.1. The monoisotopic (exact) mass is 650 g/mol. The Labute approximate surface area is 219 Å². The summed E-state index contributed by atoms with van der Waals surface area (Å²) in [6, 6.07) is 2.64. The molecule has 2 rings (SSSR count).